The van der Waals surface area contributed by atoms with Crippen LogP contribution in [-0.4, -0.2) is 28.3 Å². The molecule has 1 N–H and O–H groups in total. The summed E-state index contributed by atoms with van der Waals surface area (Å²) < 4.78 is 12.1. The Hall–Kier alpha value is 0.110. The molecule has 3 heteroatoms. The van der Waals surface area contributed by atoms with E-state index < -0.39 is 10.8 Å². The Morgan fingerprint density at radius 3 is 2.53 bits per heavy atom. The van der Waals surface area contributed by atoms with E-state index in [1.807, 2.05) is 7.05 Å². The molecule has 0 aromatic rings. The third-order valence-electron chi connectivity index (χ3n) is 4.04. The molecule has 2 aliphatic carbocycles. The second kappa shape index (κ2) is 5.44. The highest BCUT2D eigenvalue weighted by Crippen LogP contribution is 2.29. The fourth-order valence-electron chi connectivity index (χ4n) is 2.99. The Kier molecular flexibility index (Phi) is 4.21. The topological polar surface area (TPSA) is 29.1 Å². The maximum absolute atomic E-state index is 12.1. The van der Waals surface area contributed by atoms with Crippen molar-refractivity contribution in [3.05, 3.63) is 0 Å². The van der Waals surface area contributed by atoms with Gasteiger partial charge in [0.1, 0.15) is 0 Å². The van der Waals surface area contributed by atoms with E-state index in [1.54, 1.807) is 0 Å². The minimum absolute atomic E-state index is 0.489. The zero-order valence-corrected chi connectivity index (χ0v) is 10.5. The molecule has 0 aliphatic heterocycles. The summed E-state index contributed by atoms with van der Waals surface area (Å²) in [6.07, 6.45) is 8.91. The van der Waals surface area contributed by atoms with Gasteiger partial charge in [-0.2, -0.15) is 0 Å². The lowest BCUT2D eigenvalue weighted by molar-refractivity contribution is 0.577. The van der Waals surface area contributed by atoms with Crippen molar-refractivity contribution < 1.29 is 4.21 Å². The molecule has 88 valence electrons. The van der Waals surface area contributed by atoms with Gasteiger partial charge in [0.05, 0.1) is 0 Å². The Balaban J connectivity index is 1.76. The molecule has 0 radical (unpaired) electrons. The van der Waals surface area contributed by atoms with Gasteiger partial charge in [0.2, 0.25) is 0 Å². The maximum Gasteiger partial charge on any atom is 0.0363 e. The summed E-state index contributed by atoms with van der Waals surface area (Å²) in [7, 11) is 1.47. The van der Waals surface area contributed by atoms with E-state index >= 15 is 0 Å². The van der Waals surface area contributed by atoms with Gasteiger partial charge in [0.25, 0.3) is 0 Å². The predicted octanol–water partition coefficient (Wildman–Crippen LogP) is 2.07. The van der Waals surface area contributed by atoms with E-state index in [0.717, 1.165) is 18.1 Å². The predicted molar refractivity (Wildman–Crippen MR) is 65.5 cm³/mol. The van der Waals surface area contributed by atoms with E-state index in [4.69, 9.17) is 0 Å². The van der Waals surface area contributed by atoms with Gasteiger partial charge >= 0.3 is 0 Å². The van der Waals surface area contributed by atoms with E-state index in [-0.39, 0.29) is 0 Å². The van der Waals surface area contributed by atoms with Gasteiger partial charge in [-0.05, 0) is 45.1 Å². The van der Waals surface area contributed by atoms with Crippen molar-refractivity contribution in [2.45, 2.75) is 56.2 Å². The van der Waals surface area contributed by atoms with Gasteiger partial charge < -0.3 is 5.32 Å². The van der Waals surface area contributed by atoms with Crippen LogP contribution in [-0.2, 0) is 10.8 Å². The molecule has 0 aromatic heterocycles. The molecule has 2 rings (SSSR count). The summed E-state index contributed by atoms with van der Waals surface area (Å²) in [5.74, 6) is 1.76. The van der Waals surface area contributed by atoms with Gasteiger partial charge in [0.15, 0.2) is 0 Å². The van der Waals surface area contributed by atoms with E-state index in [0.29, 0.717) is 11.3 Å². The SMILES string of the molecule is CNC1CCC(S(=O)CC2CCCC2)C1. The Labute approximate surface area is 95.7 Å². The molecule has 0 amide bonds. The van der Waals surface area contributed by atoms with Crippen LogP contribution in [0.1, 0.15) is 44.9 Å². The number of hydrogen-bond donors (Lipinski definition) is 1. The van der Waals surface area contributed by atoms with Crippen molar-refractivity contribution >= 4 is 10.8 Å². The molecular formula is C12H23NOS. The van der Waals surface area contributed by atoms with E-state index in [1.165, 1.54) is 38.5 Å². The first-order valence-corrected chi connectivity index (χ1v) is 7.72. The molecular weight excluding hydrogens is 206 g/mol. The zero-order valence-electron chi connectivity index (χ0n) is 9.71. The van der Waals surface area contributed by atoms with Gasteiger partial charge in [0, 0.05) is 27.8 Å². The Morgan fingerprint density at radius 2 is 1.93 bits per heavy atom. The van der Waals surface area contributed by atoms with Gasteiger partial charge in [-0.3, -0.25) is 4.21 Å². The second-order valence-electron chi connectivity index (χ2n) is 5.12. The third-order valence-corrected chi connectivity index (χ3v) is 6.01. The molecule has 2 aliphatic rings. The molecule has 3 atom stereocenters. The van der Waals surface area contributed by atoms with Crippen LogP contribution in [0.4, 0.5) is 0 Å². The van der Waals surface area contributed by atoms with Crippen molar-refractivity contribution in [1.82, 2.24) is 5.32 Å². The second-order valence-corrected chi connectivity index (χ2v) is 6.88. The van der Waals surface area contributed by atoms with E-state index in [9.17, 15) is 4.21 Å². The highest BCUT2D eigenvalue weighted by atomic mass is 32.2. The zero-order chi connectivity index (χ0) is 10.7. The van der Waals surface area contributed by atoms with Crippen LogP contribution in [0.3, 0.4) is 0 Å². The Morgan fingerprint density at radius 1 is 1.20 bits per heavy atom. The molecule has 0 heterocycles. The summed E-state index contributed by atoms with van der Waals surface area (Å²) in [5, 5.41) is 3.80. The molecule has 15 heavy (non-hydrogen) atoms. The molecule has 0 aromatic carbocycles. The molecule has 2 fully saturated rings. The third kappa shape index (κ3) is 3.04. The fourth-order valence-corrected chi connectivity index (χ4v) is 4.90. The summed E-state index contributed by atoms with van der Waals surface area (Å²) in [6.45, 7) is 0. The first-order chi connectivity index (χ1) is 7.29. The average Bonchev–Trinajstić information content (AvgIpc) is 2.86. The van der Waals surface area contributed by atoms with Crippen molar-refractivity contribution in [3.8, 4) is 0 Å². The smallest absolute Gasteiger partial charge is 0.0363 e. The highest BCUT2D eigenvalue weighted by molar-refractivity contribution is 7.85. The number of rotatable bonds is 4. The van der Waals surface area contributed by atoms with Gasteiger partial charge in [-0.25, -0.2) is 0 Å². The van der Waals surface area contributed by atoms with Crippen LogP contribution in [0.5, 0.6) is 0 Å². The largest absolute Gasteiger partial charge is 0.317 e. The standard InChI is InChI=1S/C12H23NOS/c1-13-11-6-7-12(8-11)15(14)9-10-4-2-3-5-10/h10-13H,2-9H2,1H3. The lowest BCUT2D eigenvalue weighted by Crippen LogP contribution is -2.24. The summed E-state index contributed by atoms with van der Waals surface area (Å²) in [5.41, 5.74) is 0. The van der Waals surface area contributed by atoms with Crippen LogP contribution < -0.4 is 5.32 Å². The lowest BCUT2D eigenvalue weighted by atomic mass is 10.1. The van der Waals surface area contributed by atoms with Gasteiger partial charge in [-0.1, -0.05) is 12.8 Å². The minimum Gasteiger partial charge on any atom is -0.317 e. The van der Waals surface area contributed by atoms with Crippen molar-refractivity contribution in [1.29, 1.82) is 0 Å². The normalized spacial score (nSPS) is 34.7. The van der Waals surface area contributed by atoms with Crippen molar-refractivity contribution in [2.24, 2.45) is 5.92 Å². The lowest BCUT2D eigenvalue weighted by Gasteiger charge is -2.14. The van der Waals surface area contributed by atoms with Crippen molar-refractivity contribution in [2.75, 3.05) is 12.8 Å². The number of hydrogen-bond acceptors (Lipinski definition) is 2. The molecule has 2 nitrogen and oxygen atoms in total. The molecule has 2 saturated carbocycles. The van der Waals surface area contributed by atoms with Crippen LogP contribution >= 0.6 is 0 Å². The molecule has 0 spiro atoms. The molecule has 0 bridgehead atoms. The average molecular weight is 229 g/mol. The highest BCUT2D eigenvalue weighted by Gasteiger charge is 2.29. The Bertz CT molecular complexity index is 226. The van der Waals surface area contributed by atoms with Crippen molar-refractivity contribution in [3.63, 3.8) is 0 Å². The summed E-state index contributed by atoms with van der Waals surface area (Å²) >= 11 is 0. The van der Waals surface area contributed by atoms with Crippen LogP contribution in [0.2, 0.25) is 0 Å². The fraction of sp³-hybridized carbons (Fsp3) is 1.00. The van der Waals surface area contributed by atoms with Gasteiger partial charge in [-0.15, -0.1) is 0 Å². The quantitative estimate of drug-likeness (QED) is 0.799. The molecule has 0 saturated heterocycles. The number of nitrogens with one attached hydrogen (secondary N) is 1. The summed E-state index contributed by atoms with van der Waals surface area (Å²) in [6, 6.07) is 0.627. The van der Waals surface area contributed by atoms with Crippen LogP contribution in [0, 0.1) is 5.92 Å². The van der Waals surface area contributed by atoms with E-state index in [2.05, 4.69) is 5.32 Å². The summed E-state index contributed by atoms with van der Waals surface area (Å²) in [4.78, 5) is 0. The monoisotopic (exact) mass is 229 g/mol. The van der Waals surface area contributed by atoms with Crippen LogP contribution in [0.15, 0.2) is 0 Å². The van der Waals surface area contributed by atoms with Crippen LogP contribution in [0.25, 0.3) is 0 Å². The molecule has 3 unspecified atom stereocenters. The first-order valence-electron chi connectivity index (χ1n) is 6.34. The minimum atomic E-state index is -0.547. The first kappa shape index (κ1) is 11.6. The maximum atomic E-state index is 12.1.